The van der Waals surface area contributed by atoms with Crippen LogP contribution in [0.3, 0.4) is 0 Å². The van der Waals surface area contributed by atoms with Gasteiger partial charge in [0.05, 0.1) is 12.3 Å². The summed E-state index contributed by atoms with van der Waals surface area (Å²) in [6, 6.07) is 1.77. The van der Waals surface area contributed by atoms with Gasteiger partial charge in [-0.3, -0.25) is 0 Å². The molecule has 7 nitrogen and oxygen atoms in total. The van der Waals surface area contributed by atoms with E-state index < -0.39 is 0 Å². The summed E-state index contributed by atoms with van der Waals surface area (Å²) in [6.45, 7) is 5.61. The lowest BCUT2D eigenvalue weighted by atomic mass is 10.1. The highest BCUT2D eigenvalue weighted by Crippen LogP contribution is 2.20. The number of carbonyl (C=O) groups excluding carboxylic acids is 1. The molecule has 0 spiro atoms. The molecule has 2 aromatic rings. The predicted octanol–water partition coefficient (Wildman–Crippen LogP) is 1.94. The van der Waals surface area contributed by atoms with Gasteiger partial charge >= 0.3 is 5.97 Å². The molecule has 0 atom stereocenters. The highest BCUT2D eigenvalue weighted by atomic mass is 32.1. The summed E-state index contributed by atoms with van der Waals surface area (Å²) in [7, 11) is 0. The van der Waals surface area contributed by atoms with Gasteiger partial charge in [-0.15, -0.1) is 16.4 Å². The van der Waals surface area contributed by atoms with Gasteiger partial charge in [0.2, 0.25) is 0 Å². The number of rotatable bonds is 8. The molecule has 0 fully saturated rings. The van der Waals surface area contributed by atoms with Gasteiger partial charge in [0.15, 0.2) is 0 Å². The first-order valence-corrected chi connectivity index (χ1v) is 7.62. The normalized spacial score (nSPS) is 11.0. The predicted molar refractivity (Wildman–Crippen MR) is 77.6 cm³/mol. The molecule has 0 N–H and O–H groups in total. The zero-order chi connectivity index (χ0) is 15.1. The van der Waals surface area contributed by atoms with Crippen LogP contribution >= 0.6 is 11.3 Å². The minimum absolute atomic E-state index is 0.240. The van der Waals surface area contributed by atoms with Crippen LogP contribution in [0.4, 0.5) is 0 Å². The lowest BCUT2D eigenvalue weighted by Crippen LogP contribution is -2.12. The smallest absolute Gasteiger partial charge is 0.350 e. The molecule has 2 rings (SSSR count). The second-order valence-electron chi connectivity index (χ2n) is 4.82. The van der Waals surface area contributed by atoms with Gasteiger partial charge in [0.25, 0.3) is 0 Å². The van der Waals surface area contributed by atoms with Crippen LogP contribution in [0.25, 0.3) is 5.69 Å². The molecule has 0 aliphatic heterocycles. The van der Waals surface area contributed by atoms with Crippen LogP contribution in [-0.2, 0) is 9.47 Å². The Balaban J connectivity index is 1.78. The van der Waals surface area contributed by atoms with E-state index in [1.165, 1.54) is 22.3 Å². The van der Waals surface area contributed by atoms with Crippen molar-refractivity contribution in [2.75, 3.05) is 19.8 Å². The summed E-state index contributed by atoms with van der Waals surface area (Å²) in [5.74, 6) is 0.223. The van der Waals surface area contributed by atoms with Crippen LogP contribution in [0.5, 0.6) is 0 Å². The van der Waals surface area contributed by atoms with E-state index in [-0.39, 0.29) is 12.6 Å². The summed E-state index contributed by atoms with van der Waals surface area (Å²) < 4.78 is 12.0. The fraction of sp³-hybridized carbons (Fsp3) is 0.538. The van der Waals surface area contributed by atoms with E-state index in [9.17, 15) is 4.79 Å². The van der Waals surface area contributed by atoms with Gasteiger partial charge in [0.1, 0.15) is 17.8 Å². The first-order chi connectivity index (χ1) is 10.2. The largest absolute Gasteiger partial charge is 0.459 e. The first kappa shape index (κ1) is 15.6. The number of nitrogens with zero attached hydrogens (tertiary/aromatic N) is 4. The van der Waals surface area contributed by atoms with Gasteiger partial charge in [0, 0.05) is 6.61 Å². The molecule has 114 valence electrons. The lowest BCUT2D eigenvalue weighted by molar-refractivity contribution is 0.0308. The standard InChI is InChI=1S/C13H18N4O3S/c1-10(2)3-5-19-6-7-20-13(18)12-11(4-8-21-12)17-9-14-15-16-17/h4,8-10H,3,5-7H2,1-2H3. The summed E-state index contributed by atoms with van der Waals surface area (Å²) in [5, 5.41) is 12.7. The minimum atomic E-state index is -0.386. The molecule has 0 radical (unpaired) electrons. The highest BCUT2D eigenvalue weighted by Gasteiger charge is 2.16. The van der Waals surface area contributed by atoms with Crippen LogP contribution in [0.1, 0.15) is 29.9 Å². The van der Waals surface area contributed by atoms with E-state index in [0.717, 1.165) is 6.42 Å². The molecule has 0 aliphatic carbocycles. The molecule has 0 saturated heterocycles. The third-order valence-corrected chi connectivity index (χ3v) is 3.61. The number of ether oxygens (including phenoxy) is 2. The van der Waals surface area contributed by atoms with Crippen molar-refractivity contribution in [1.29, 1.82) is 0 Å². The molecule has 21 heavy (non-hydrogen) atoms. The van der Waals surface area contributed by atoms with E-state index in [4.69, 9.17) is 9.47 Å². The summed E-state index contributed by atoms with van der Waals surface area (Å²) in [5.41, 5.74) is 0.621. The van der Waals surface area contributed by atoms with Crippen molar-refractivity contribution >= 4 is 17.3 Å². The van der Waals surface area contributed by atoms with E-state index in [2.05, 4.69) is 29.4 Å². The monoisotopic (exact) mass is 310 g/mol. The van der Waals surface area contributed by atoms with Gasteiger partial charge in [-0.05, 0) is 34.2 Å². The Kier molecular flexibility index (Phi) is 5.82. The Morgan fingerprint density at radius 1 is 1.38 bits per heavy atom. The van der Waals surface area contributed by atoms with Crippen LogP contribution in [-0.4, -0.2) is 46.0 Å². The minimum Gasteiger partial charge on any atom is -0.459 e. The number of thiophene rings is 1. The number of tetrazole rings is 1. The number of carbonyl (C=O) groups is 1. The molecule has 0 aliphatic rings. The Morgan fingerprint density at radius 3 is 2.95 bits per heavy atom. The molecule has 8 heteroatoms. The van der Waals surface area contributed by atoms with E-state index >= 15 is 0 Å². The topological polar surface area (TPSA) is 79.1 Å². The Bertz CT molecular complexity index is 554. The van der Waals surface area contributed by atoms with Crippen molar-refractivity contribution < 1.29 is 14.3 Å². The summed E-state index contributed by atoms with van der Waals surface area (Å²) >= 11 is 1.30. The van der Waals surface area contributed by atoms with E-state index in [0.29, 0.717) is 29.7 Å². The zero-order valence-electron chi connectivity index (χ0n) is 12.1. The Hall–Kier alpha value is -1.80. The molecule has 2 aromatic heterocycles. The summed E-state index contributed by atoms with van der Waals surface area (Å²) in [4.78, 5) is 12.5. The van der Waals surface area contributed by atoms with E-state index in [1.807, 2.05) is 0 Å². The second kappa shape index (κ2) is 7.84. The average Bonchev–Trinajstić information content (AvgIpc) is 3.10. The quantitative estimate of drug-likeness (QED) is 0.547. The summed E-state index contributed by atoms with van der Waals surface area (Å²) in [6.07, 6.45) is 2.44. The van der Waals surface area contributed by atoms with Crippen molar-refractivity contribution in [2.45, 2.75) is 20.3 Å². The van der Waals surface area contributed by atoms with Crippen LogP contribution in [0.15, 0.2) is 17.8 Å². The van der Waals surface area contributed by atoms with Gasteiger partial charge in [-0.2, -0.15) is 4.68 Å². The number of hydrogen-bond acceptors (Lipinski definition) is 7. The molecular weight excluding hydrogens is 292 g/mol. The van der Waals surface area contributed by atoms with Gasteiger partial charge in [-0.25, -0.2) is 4.79 Å². The maximum atomic E-state index is 12.0. The first-order valence-electron chi connectivity index (χ1n) is 6.74. The van der Waals surface area contributed by atoms with Crippen molar-refractivity contribution in [1.82, 2.24) is 20.2 Å². The Morgan fingerprint density at radius 2 is 2.24 bits per heavy atom. The molecule has 0 saturated carbocycles. The fourth-order valence-electron chi connectivity index (χ4n) is 1.59. The highest BCUT2D eigenvalue weighted by molar-refractivity contribution is 7.12. The maximum Gasteiger partial charge on any atom is 0.350 e. The number of esters is 1. The van der Waals surface area contributed by atoms with Crippen molar-refractivity contribution in [3.8, 4) is 5.69 Å². The van der Waals surface area contributed by atoms with Crippen LogP contribution in [0.2, 0.25) is 0 Å². The van der Waals surface area contributed by atoms with Crippen molar-refractivity contribution in [2.24, 2.45) is 5.92 Å². The maximum absolute atomic E-state index is 12.0. The van der Waals surface area contributed by atoms with Gasteiger partial charge in [-0.1, -0.05) is 13.8 Å². The lowest BCUT2D eigenvalue weighted by Gasteiger charge is -2.07. The van der Waals surface area contributed by atoms with Crippen molar-refractivity contribution in [3.05, 3.63) is 22.7 Å². The molecule has 0 amide bonds. The third kappa shape index (κ3) is 4.61. The Labute approximate surface area is 126 Å². The van der Waals surface area contributed by atoms with Crippen LogP contribution in [0, 0.1) is 5.92 Å². The molecule has 2 heterocycles. The SMILES string of the molecule is CC(C)CCOCCOC(=O)c1sccc1-n1cnnn1. The van der Waals surface area contributed by atoms with E-state index in [1.54, 1.807) is 11.4 Å². The molecule has 0 bridgehead atoms. The fourth-order valence-corrected chi connectivity index (χ4v) is 2.36. The van der Waals surface area contributed by atoms with Gasteiger partial charge < -0.3 is 9.47 Å². The molecule has 0 aromatic carbocycles. The average molecular weight is 310 g/mol. The van der Waals surface area contributed by atoms with Crippen LogP contribution < -0.4 is 0 Å². The third-order valence-electron chi connectivity index (χ3n) is 2.73. The second-order valence-corrected chi connectivity index (χ2v) is 5.74. The molecular formula is C13H18N4O3S. The van der Waals surface area contributed by atoms with Crippen molar-refractivity contribution in [3.63, 3.8) is 0 Å². The number of hydrogen-bond donors (Lipinski definition) is 0. The molecule has 0 unspecified atom stereocenters. The number of aromatic nitrogens is 4. The zero-order valence-corrected chi connectivity index (χ0v) is 12.9.